The van der Waals surface area contributed by atoms with Gasteiger partial charge in [0, 0.05) is 11.5 Å². The van der Waals surface area contributed by atoms with Crippen molar-refractivity contribution in [1.29, 1.82) is 0 Å². The van der Waals surface area contributed by atoms with E-state index in [0.717, 1.165) is 31.9 Å². The number of hydrogen-bond acceptors (Lipinski definition) is 4. The highest BCUT2D eigenvalue weighted by molar-refractivity contribution is 9.10. The molecule has 0 unspecified atom stereocenters. The number of halogens is 1. The monoisotopic (exact) mass is 416 g/mol. The van der Waals surface area contributed by atoms with E-state index >= 15 is 0 Å². The zero-order valence-corrected chi connectivity index (χ0v) is 16.3. The summed E-state index contributed by atoms with van der Waals surface area (Å²) in [4.78, 5) is 16.6. The van der Waals surface area contributed by atoms with Gasteiger partial charge in [-0.2, -0.15) is 5.10 Å². The summed E-state index contributed by atoms with van der Waals surface area (Å²) in [6, 6.07) is 15.7. The molecule has 0 spiro atoms. The number of benzene rings is 2. The van der Waals surface area contributed by atoms with Crippen molar-refractivity contribution in [3.05, 3.63) is 58.6 Å². The number of hydrogen-bond donors (Lipinski definition) is 1. The Bertz CT molecular complexity index is 951. The summed E-state index contributed by atoms with van der Waals surface area (Å²) in [5.74, 6) is 0.0956. The standard InChI is InChI=1S/C18H17BrN4OS/c1-12(13-6-5-7-14(19)10-13)21-22-17(24)11-25-18-20-15-8-3-4-9-16(15)23(18)2/h3-10H,11H2,1-2H3,(H,22,24). The number of hydrazone groups is 1. The average molecular weight is 417 g/mol. The summed E-state index contributed by atoms with van der Waals surface area (Å²) in [7, 11) is 1.95. The van der Waals surface area contributed by atoms with Crippen molar-refractivity contribution in [2.24, 2.45) is 12.1 Å². The number of rotatable bonds is 5. The first-order chi connectivity index (χ1) is 12.0. The van der Waals surface area contributed by atoms with E-state index in [0.29, 0.717) is 0 Å². The Morgan fingerprint density at radius 1 is 1.28 bits per heavy atom. The summed E-state index contributed by atoms with van der Waals surface area (Å²) < 4.78 is 2.96. The minimum atomic E-state index is -0.161. The first-order valence-corrected chi connectivity index (χ1v) is 9.46. The number of carbonyl (C=O) groups excluding carboxylic acids is 1. The molecule has 0 bridgehead atoms. The number of imidazole rings is 1. The minimum absolute atomic E-state index is 0.161. The maximum absolute atomic E-state index is 12.1. The van der Waals surface area contributed by atoms with Crippen LogP contribution in [0.2, 0.25) is 0 Å². The second kappa shape index (κ2) is 7.84. The molecule has 2 aromatic carbocycles. The van der Waals surface area contributed by atoms with Gasteiger partial charge < -0.3 is 4.57 Å². The molecule has 1 amide bonds. The zero-order chi connectivity index (χ0) is 17.8. The highest BCUT2D eigenvalue weighted by Gasteiger charge is 2.10. The fraction of sp³-hybridized carbons (Fsp3) is 0.167. The number of fused-ring (bicyclic) bond motifs is 1. The molecular weight excluding hydrogens is 400 g/mol. The van der Waals surface area contributed by atoms with Gasteiger partial charge in [0.1, 0.15) is 0 Å². The van der Waals surface area contributed by atoms with Gasteiger partial charge in [0.2, 0.25) is 0 Å². The van der Waals surface area contributed by atoms with E-state index in [1.165, 1.54) is 11.8 Å². The van der Waals surface area contributed by atoms with Gasteiger partial charge in [0.05, 0.1) is 22.5 Å². The maximum atomic E-state index is 12.1. The Labute approximate surface area is 158 Å². The van der Waals surface area contributed by atoms with E-state index in [2.05, 4.69) is 31.4 Å². The molecule has 1 aromatic heterocycles. The Morgan fingerprint density at radius 2 is 2.08 bits per heavy atom. The molecule has 0 aliphatic carbocycles. The number of amides is 1. The van der Waals surface area contributed by atoms with Gasteiger partial charge in [-0.3, -0.25) is 4.79 Å². The maximum Gasteiger partial charge on any atom is 0.250 e. The van der Waals surface area contributed by atoms with Crippen LogP contribution in [0.3, 0.4) is 0 Å². The van der Waals surface area contributed by atoms with Crippen LogP contribution in [0.25, 0.3) is 11.0 Å². The van der Waals surface area contributed by atoms with Crippen LogP contribution in [-0.4, -0.2) is 26.9 Å². The Kier molecular flexibility index (Phi) is 5.55. The van der Waals surface area contributed by atoms with Crippen molar-refractivity contribution < 1.29 is 4.79 Å². The summed E-state index contributed by atoms with van der Waals surface area (Å²) in [6.45, 7) is 1.86. The fourth-order valence-corrected chi connectivity index (χ4v) is 3.52. The molecule has 1 N–H and O–H groups in total. The number of aryl methyl sites for hydroxylation is 1. The van der Waals surface area contributed by atoms with Gasteiger partial charge in [-0.25, -0.2) is 10.4 Å². The first kappa shape index (κ1) is 17.7. The van der Waals surface area contributed by atoms with Crippen LogP contribution in [0.5, 0.6) is 0 Å². The van der Waals surface area contributed by atoms with E-state index in [4.69, 9.17) is 0 Å². The van der Waals surface area contributed by atoms with Gasteiger partial charge in [0.15, 0.2) is 5.16 Å². The van der Waals surface area contributed by atoms with Crippen molar-refractivity contribution in [2.75, 3.05) is 5.75 Å². The van der Waals surface area contributed by atoms with E-state index in [-0.39, 0.29) is 11.7 Å². The molecule has 0 saturated carbocycles. The second-order valence-corrected chi connectivity index (χ2v) is 7.33. The first-order valence-electron chi connectivity index (χ1n) is 7.68. The van der Waals surface area contributed by atoms with Crippen LogP contribution in [0.1, 0.15) is 12.5 Å². The molecule has 128 valence electrons. The molecule has 7 heteroatoms. The number of nitrogens with zero attached hydrogens (tertiary/aromatic N) is 3. The van der Waals surface area contributed by atoms with Crippen molar-refractivity contribution in [1.82, 2.24) is 15.0 Å². The Hall–Kier alpha value is -2.12. The van der Waals surface area contributed by atoms with Crippen LogP contribution in [0.15, 0.2) is 63.3 Å². The number of para-hydroxylation sites is 2. The normalized spacial score (nSPS) is 11.7. The molecule has 0 fully saturated rings. The molecule has 3 rings (SSSR count). The molecule has 0 aliphatic heterocycles. The van der Waals surface area contributed by atoms with E-state index < -0.39 is 0 Å². The number of carbonyl (C=O) groups is 1. The number of thioether (sulfide) groups is 1. The SMILES string of the molecule is CC(=NNC(=O)CSc1nc2ccccc2n1C)c1cccc(Br)c1. The number of aromatic nitrogens is 2. The van der Waals surface area contributed by atoms with E-state index in [1.54, 1.807) is 0 Å². The lowest BCUT2D eigenvalue weighted by Crippen LogP contribution is -2.21. The summed E-state index contributed by atoms with van der Waals surface area (Å²) in [6.07, 6.45) is 0. The second-order valence-electron chi connectivity index (χ2n) is 5.47. The fourth-order valence-electron chi connectivity index (χ4n) is 2.34. The van der Waals surface area contributed by atoms with Crippen LogP contribution in [0.4, 0.5) is 0 Å². The van der Waals surface area contributed by atoms with E-state index in [1.807, 2.05) is 67.1 Å². The highest BCUT2D eigenvalue weighted by Crippen LogP contribution is 2.22. The van der Waals surface area contributed by atoms with Gasteiger partial charge >= 0.3 is 0 Å². The quantitative estimate of drug-likeness (QED) is 0.388. The van der Waals surface area contributed by atoms with Gasteiger partial charge in [-0.1, -0.05) is 52.0 Å². The smallest absolute Gasteiger partial charge is 0.250 e. The molecule has 1 heterocycles. The van der Waals surface area contributed by atoms with Crippen molar-refractivity contribution in [2.45, 2.75) is 12.1 Å². The van der Waals surface area contributed by atoms with Crippen molar-refractivity contribution >= 4 is 50.3 Å². The minimum Gasteiger partial charge on any atom is -0.322 e. The summed E-state index contributed by atoms with van der Waals surface area (Å²) in [5, 5.41) is 4.98. The lowest BCUT2D eigenvalue weighted by Gasteiger charge is -2.04. The lowest BCUT2D eigenvalue weighted by molar-refractivity contribution is -0.118. The predicted molar refractivity (Wildman–Crippen MR) is 106 cm³/mol. The summed E-state index contributed by atoms with van der Waals surface area (Å²) >= 11 is 4.82. The molecule has 0 atom stereocenters. The highest BCUT2D eigenvalue weighted by atomic mass is 79.9. The molecule has 25 heavy (non-hydrogen) atoms. The Balaban J connectivity index is 1.61. The molecule has 0 aliphatic rings. The third-order valence-corrected chi connectivity index (χ3v) is 5.19. The molecular formula is C18H17BrN4OS. The third-order valence-electron chi connectivity index (χ3n) is 3.67. The van der Waals surface area contributed by atoms with Crippen LogP contribution in [0, 0.1) is 0 Å². The van der Waals surface area contributed by atoms with Gasteiger partial charge in [0.25, 0.3) is 5.91 Å². The molecule has 5 nitrogen and oxygen atoms in total. The molecule has 0 radical (unpaired) electrons. The third kappa shape index (κ3) is 4.29. The van der Waals surface area contributed by atoms with Gasteiger partial charge in [-0.05, 0) is 36.8 Å². The van der Waals surface area contributed by atoms with Crippen LogP contribution in [-0.2, 0) is 11.8 Å². The van der Waals surface area contributed by atoms with E-state index in [9.17, 15) is 4.79 Å². The zero-order valence-electron chi connectivity index (χ0n) is 13.9. The Morgan fingerprint density at radius 3 is 2.84 bits per heavy atom. The van der Waals surface area contributed by atoms with Crippen LogP contribution < -0.4 is 5.43 Å². The number of nitrogens with one attached hydrogen (secondary N) is 1. The topological polar surface area (TPSA) is 59.3 Å². The van der Waals surface area contributed by atoms with Crippen molar-refractivity contribution in [3.8, 4) is 0 Å². The van der Waals surface area contributed by atoms with Gasteiger partial charge in [-0.15, -0.1) is 0 Å². The lowest BCUT2D eigenvalue weighted by atomic mass is 10.1. The average Bonchev–Trinajstić information content (AvgIpc) is 2.94. The largest absolute Gasteiger partial charge is 0.322 e. The van der Waals surface area contributed by atoms with Crippen molar-refractivity contribution in [3.63, 3.8) is 0 Å². The molecule has 3 aromatic rings. The predicted octanol–water partition coefficient (Wildman–Crippen LogP) is 3.97. The molecule has 0 saturated heterocycles. The van der Waals surface area contributed by atoms with Crippen LogP contribution >= 0.6 is 27.7 Å². The summed E-state index contributed by atoms with van der Waals surface area (Å²) in [5.41, 5.74) is 6.29.